The summed E-state index contributed by atoms with van der Waals surface area (Å²) in [6.07, 6.45) is 1.56. The van der Waals surface area contributed by atoms with Gasteiger partial charge in [0.05, 0.1) is 24.4 Å². The standard InChI is InChI=1S/C24H21FN4O3/c25-16-8-2-3-9-17(16)27-24(32)29-20-13-28(23(31)18-10-5-6-12-26-18)19-11-4-1-7-15(19)22(20)21(29)14-30/h1-12,20-22,30H,13-14H2,(H,27,32)/t20-,21+,22+/m0/s1. The predicted octanol–water partition coefficient (Wildman–Crippen LogP) is 3.24. The summed E-state index contributed by atoms with van der Waals surface area (Å²) in [5.74, 6) is -0.937. The highest BCUT2D eigenvalue weighted by atomic mass is 19.1. The van der Waals surface area contributed by atoms with Gasteiger partial charge in [-0.25, -0.2) is 9.18 Å². The topological polar surface area (TPSA) is 85.8 Å². The maximum absolute atomic E-state index is 14.1. The zero-order chi connectivity index (χ0) is 22.2. The van der Waals surface area contributed by atoms with Crippen LogP contribution in [0.2, 0.25) is 0 Å². The minimum absolute atomic E-state index is 0.0651. The molecule has 3 amide bonds. The average Bonchev–Trinajstić information content (AvgIpc) is 2.81. The first-order valence-electron chi connectivity index (χ1n) is 10.4. The van der Waals surface area contributed by atoms with Crippen molar-refractivity contribution in [3.05, 3.63) is 90.0 Å². The Kier molecular flexibility index (Phi) is 5.07. The molecule has 0 saturated carbocycles. The molecule has 2 aliphatic rings. The van der Waals surface area contributed by atoms with E-state index in [4.69, 9.17) is 0 Å². The summed E-state index contributed by atoms with van der Waals surface area (Å²) >= 11 is 0. The summed E-state index contributed by atoms with van der Waals surface area (Å²) in [7, 11) is 0. The van der Waals surface area contributed by atoms with Crippen LogP contribution in [0, 0.1) is 5.82 Å². The van der Waals surface area contributed by atoms with E-state index < -0.39 is 17.9 Å². The zero-order valence-corrected chi connectivity index (χ0v) is 17.1. The third-order valence-corrected chi connectivity index (χ3v) is 6.17. The Morgan fingerprint density at radius 1 is 1.06 bits per heavy atom. The normalized spacial score (nSPS) is 21.2. The number of anilines is 2. The zero-order valence-electron chi connectivity index (χ0n) is 17.1. The van der Waals surface area contributed by atoms with E-state index in [1.54, 1.807) is 41.4 Å². The van der Waals surface area contributed by atoms with Gasteiger partial charge in [0.25, 0.3) is 5.91 Å². The molecular weight excluding hydrogens is 411 g/mol. The van der Waals surface area contributed by atoms with Crippen LogP contribution in [0.25, 0.3) is 0 Å². The van der Waals surface area contributed by atoms with Crippen LogP contribution in [0.5, 0.6) is 0 Å². The van der Waals surface area contributed by atoms with E-state index in [-0.39, 0.29) is 36.7 Å². The van der Waals surface area contributed by atoms with Crippen molar-refractivity contribution in [1.29, 1.82) is 0 Å². The fraction of sp³-hybridized carbons (Fsp3) is 0.208. The van der Waals surface area contributed by atoms with E-state index in [0.717, 1.165) is 11.3 Å². The van der Waals surface area contributed by atoms with Crippen molar-refractivity contribution in [2.75, 3.05) is 23.4 Å². The molecule has 32 heavy (non-hydrogen) atoms. The molecule has 3 atom stereocenters. The number of aromatic nitrogens is 1. The van der Waals surface area contributed by atoms with Crippen LogP contribution in [0.15, 0.2) is 72.9 Å². The Labute approximate surface area is 184 Å². The molecule has 0 unspecified atom stereocenters. The molecule has 2 N–H and O–H groups in total. The summed E-state index contributed by atoms with van der Waals surface area (Å²) in [5, 5.41) is 12.7. The van der Waals surface area contributed by atoms with Crippen LogP contribution in [-0.4, -0.2) is 52.2 Å². The third-order valence-electron chi connectivity index (χ3n) is 6.17. The maximum Gasteiger partial charge on any atom is 0.322 e. The maximum atomic E-state index is 14.1. The number of urea groups is 1. The number of rotatable bonds is 3. The quantitative estimate of drug-likeness (QED) is 0.665. The number of carbonyl (C=O) groups excluding carboxylic acids is 2. The second kappa shape index (κ2) is 8.05. The SMILES string of the molecule is O=C(c1ccccn1)N1C[C@H]2[C@@H](c3ccccc31)[C@@H](CO)N2C(=O)Nc1ccccc1F. The number of hydrogen-bond donors (Lipinski definition) is 2. The highest BCUT2D eigenvalue weighted by Gasteiger charge is 2.55. The number of para-hydroxylation sites is 2. The van der Waals surface area contributed by atoms with Crippen molar-refractivity contribution < 1.29 is 19.1 Å². The Bertz CT molecular complexity index is 1170. The summed E-state index contributed by atoms with van der Waals surface area (Å²) in [5.41, 5.74) is 2.01. The van der Waals surface area contributed by atoms with Crippen molar-refractivity contribution in [3.63, 3.8) is 0 Å². The number of likely N-dealkylation sites (tertiary alicyclic amines) is 1. The number of aliphatic hydroxyl groups is 1. The van der Waals surface area contributed by atoms with Gasteiger partial charge < -0.3 is 20.2 Å². The Morgan fingerprint density at radius 3 is 2.56 bits per heavy atom. The van der Waals surface area contributed by atoms with Crippen molar-refractivity contribution in [1.82, 2.24) is 9.88 Å². The van der Waals surface area contributed by atoms with Gasteiger partial charge in [-0.2, -0.15) is 0 Å². The molecule has 3 aromatic rings. The number of hydrogen-bond acceptors (Lipinski definition) is 4. The first kappa shape index (κ1) is 20.1. The summed E-state index contributed by atoms with van der Waals surface area (Å²) in [6, 6.07) is 17.2. The number of aliphatic hydroxyl groups excluding tert-OH is 1. The van der Waals surface area contributed by atoms with Crippen LogP contribution in [0.3, 0.4) is 0 Å². The fourth-order valence-corrected chi connectivity index (χ4v) is 4.73. The van der Waals surface area contributed by atoms with Crippen LogP contribution in [0.4, 0.5) is 20.6 Å². The lowest BCUT2D eigenvalue weighted by Crippen LogP contribution is -2.71. The highest BCUT2D eigenvalue weighted by molar-refractivity contribution is 6.06. The number of pyridine rings is 1. The largest absolute Gasteiger partial charge is 0.394 e. The van der Waals surface area contributed by atoms with Gasteiger partial charge in [0.1, 0.15) is 11.5 Å². The smallest absolute Gasteiger partial charge is 0.322 e. The van der Waals surface area contributed by atoms with Crippen molar-refractivity contribution in [3.8, 4) is 0 Å². The van der Waals surface area contributed by atoms with Crippen molar-refractivity contribution in [2.45, 2.75) is 18.0 Å². The van der Waals surface area contributed by atoms with E-state index in [0.29, 0.717) is 5.69 Å². The molecule has 5 rings (SSSR count). The minimum atomic E-state index is -0.542. The molecule has 8 heteroatoms. The molecule has 0 spiro atoms. The summed E-state index contributed by atoms with van der Waals surface area (Å²) < 4.78 is 14.1. The van der Waals surface area contributed by atoms with Gasteiger partial charge in [-0.1, -0.05) is 36.4 Å². The van der Waals surface area contributed by atoms with Gasteiger partial charge in [-0.05, 0) is 35.9 Å². The molecule has 0 radical (unpaired) electrons. The second-order valence-corrected chi connectivity index (χ2v) is 7.85. The Balaban J connectivity index is 1.48. The van der Waals surface area contributed by atoms with Gasteiger partial charge in [-0.15, -0.1) is 0 Å². The van der Waals surface area contributed by atoms with Gasteiger partial charge in [-0.3, -0.25) is 9.78 Å². The minimum Gasteiger partial charge on any atom is -0.394 e. The molecule has 0 aliphatic carbocycles. The second-order valence-electron chi connectivity index (χ2n) is 7.85. The van der Waals surface area contributed by atoms with E-state index in [1.165, 1.54) is 17.0 Å². The average molecular weight is 432 g/mol. The predicted molar refractivity (Wildman–Crippen MR) is 117 cm³/mol. The van der Waals surface area contributed by atoms with Gasteiger partial charge in [0.15, 0.2) is 0 Å². The Hall–Kier alpha value is -3.78. The first-order chi connectivity index (χ1) is 15.6. The van der Waals surface area contributed by atoms with Crippen LogP contribution in [-0.2, 0) is 0 Å². The molecule has 2 aromatic carbocycles. The number of halogens is 1. The fourth-order valence-electron chi connectivity index (χ4n) is 4.73. The number of amides is 3. The first-order valence-corrected chi connectivity index (χ1v) is 10.4. The molecule has 3 heterocycles. The molecule has 162 valence electrons. The van der Waals surface area contributed by atoms with E-state index in [2.05, 4.69) is 10.3 Å². The van der Waals surface area contributed by atoms with Crippen LogP contribution in [0.1, 0.15) is 22.0 Å². The van der Waals surface area contributed by atoms with E-state index in [1.807, 2.05) is 24.3 Å². The molecular formula is C24H21FN4O3. The lowest BCUT2D eigenvalue weighted by atomic mass is 9.72. The monoisotopic (exact) mass is 432 g/mol. The van der Waals surface area contributed by atoms with Gasteiger partial charge >= 0.3 is 6.03 Å². The highest BCUT2D eigenvalue weighted by Crippen LogP contribution is 2.48. The molecule has 1 saturated heterocycles. The molecule has 2 aliphatic heterocycles. The summed E-state index contributed by atoms with van der Waals surface area (Å²) in [4.78, 5) is 33.6. The van der Waals surface area contributed by atoms with Crippen LogP contribution >= 0.6 is 0 Å². The third kappa shape index (κ3) is 3.20. The number of benzene rings is 2. The van der Waals surface area contributed by atoms with Crippen molar-refractivity contribution in [2.24, 2.45) is 0 Å². The Morgan fingerprint density at radius 2 is 1.81 bits per heavy atom. The van der Waals surface area contributed by atoms with Gasteiger partial charge in [0.2, 0.25) is 0 Å². The van der Waals surface area contributed by atoms with Crippen LogP contribution < -0.4 is 10.2 Å². The molecule has 1 fully saturated rings. The molecule has 7 nitrogen and oxygen atoms in total. The number of nitrogens with zero attached hydrogens (tertiary/aromatic N) is 3. The number of fused-ring (bicyclic) bond motifs is 3. The number of nitrogens with one attached hydrogen (secondary N) is 1. The van der Waals surface area contributed by atoms with Crippen molar-refractivity contribution >= 4 is 23.3 Å². The number of carbonyl (C=O) groups is 2. The lowest BCUT2D eigenvalue weighted by Gasteiger charge is -2.58. The van der Waals surface area contributed by atoms with E-state index >= 15 is 0 Å². The van der Waals surface area contributed by atoms with E-state index in [9.17, 15) is 19.1 Å². The lowest BCUT2D eigenvalue weighted by molar-refractivity contribution is -0.00269. The summed E-state index contributed by atoms with van der Waals surface area (Å²) in [6.45, 7) is 0.00661. The van der Waals surface area contributed by atoms with Gasteiger partial charge in [0, 0.05) is 24.3 Å². The molecule has 0 bridgehead atoms. The molecule has 1 aromatic heterocycles.